The lowest BCUT2D eigenvalue weighted by Crippen LogP contribution is -2.11. The highest BCUT2D eigenvalue weighted by atomic mass is 16.5. The summed E-state index contributed by atoms with van der Waals surface area (Å²) in [7, 11) is 0. The average Bonchev–Trinajstić information content (AvgIpc) is 2.45. The van der Waals surface area contributed by atoms with Crippen LogP contribution in [0.15, 0.2) is 42.6 Å². The highest BCUT2D eigenvalue weighted by molar-refractivity contribution is 5.34. The maximum Gasteiger partial charge on any atom is 0.219 e. The molecule has 3 heteroatoms. The van der Waals surface area contributed by atoms with E-state index in [0.717, 1.165) is 18.8 Å². The molecule has 0 radical (unpaired) electrons. The van der Waals surface area contributed by atoms with Crippen molar-refractivity contribution < 1.29 is 4.74 Å². The number of nitrogens with one attached hydrogen (secondary N) is 1. The summed E-state index contributed by atoms with van der Waals surface area (Å²) in [5, 5.41) is 3.30. The van der Waals surface area contributed by atoms with Crippen molar-refractivity contribution in [1.82, 2.24) is 10.3 Å². The molecule has 0 aliphatic rings. The quantitative estimate of drug-likeness (QED) is 0.889. The Morgan fingerprint density at radius 1 is 1.10 bits per heavy atom. The van der Waals surface area contributed by atoms with Crippen LogP contribution in [0.25, 0.3) is 0 Å². The monoisotopic (exact) mass is 284 g/mol. The maximum absolute atomic E-state index is 5.83. The summed E-state index contributed by atoms with van der Waals surface area (Å²) >= 11 is 0. The van der Waals surface area contributed by atoms with E-state index in [2.05, 4.69) is 50.1 Å². The van der Waals surface area contributed by atoms with E-state index in [4.69, 9.17) is 4.74 Å². The van der Waals surface area contributed by atoms with Gasteiger partial charge >= 0.3 is 0 Å². The highest BCUT2D eigenvalue weighted by Gasteiger charge is 2.13. The van der Waals surface area contributed by atoms with Gasteiger partial charge in [-0.25, -0.2) is 4.98 Å². The number of hydrogen-bond acceptors (Lipinski definition) is 3. The van der Waals surface area contributed by atoms with Gasteiger partial charge in [-0.2, -0.15) is 0 Å². The van der Waals surface area contributed by atoms with Crippen molar-refractivity contribution in [2.45, 2.75) is 39.7 Å². The van der Waals surface area contributed by atoms with E-state index in [0.29, 0.717) is 5.88 Å². The Balaban J connectivity index is 2.07. The van der Waals surface area contributed by atoms with Crippen LogP contribution in [-0.4, -0.2) is 11.5 Å². The van der Waals surface area contributed by atoms with E-state index in [1.807, 2.05) is 24.3 Å². The molecule has 0 aliphatic carbocycles. The predicted octanol–water partition coefficient (Wildman–Crippen LogP) is 4.28. The molecule has 0 saturated carbocycles. The predicted molar refractivity (Wildman–Crippen MR) is 86.8 cm³/mol. The number of ether oxygens (including phenoxy) is 1. The molecule has 0 aliphatic heterocycles. The van der Waals surface area contributed by atoms with Crippen molar-refractivity contribution in [3.05, 3.63) is 53.7 Å². The third kappa shape index (κ3) is 4.57. The van der Waals surface area contributed by atoms with E-state index < -0.39 is 0 Å². The number of benzene rings is 1. The first-order valence-electron chi connectivity index (χ1n) is 7.43. The number of rotatable bonds is 5. The van der Waals surface area contributed by atoms with Crippen molar-refractivity contribution in [1.29, 1.82) is 0 Å². The van der Waals surface area contributed by atoms with Crippen molar-refractivity contribution in [3.8, 4) is 11.6 Å². The van der Waals surface area contributed by atoms with Gasteiger partial charge in [-0.15, -0.1) is 0 Å². The van der Waals surface area contributed by atoms with Gasteiger partial charge in [0.2, 0.25) is 5.88 Å². The Hall–Kier alpha value is -1.87. The molecule has 1 aromatic carbocycles. The van der Waals surface area contributed by atoms with Gasteiger partial charge in [0.25, 0.3) is 0 Å². The molecule has 1 heterocycles. The molecule has 0 unspecified atom stereocenters. The molecule has 112 valence electrons. The van der Waals surface area contributed by atoms with Crippen LogP contribution < -0.4 is 10.1 Å². The molecule has 0 fully saturated rings. The van der Waals surface area contributed by atoms with Crippen LogP contribution >= 0.6 is 0 Å². The zero-order valence-corrected chi connectivity index (χ0v) is 13.3. The molecular formula is C18H24N2O. The van der Waals surface area contributed by atoms with Gasteiger partial charge in [0.1, 0.15) is 5.75 Å². The second kappa shape index (κ2) is 6.72. The van der Waals surface area contributed by atoms with Gasteiger partial charge in [-0.05, 0) is 41.3 Å². The molecule has 0 atom stereocenters. The summed E-state index contributed by atoms with van der Waals surface area (Å²) in [6.45, 7) is 10.5. The standard InChI is InChI=1S/C18H24N2O/c1-5-19-13-14-10-11-20-17(12-14)21-16-8-6-15(7-9-16)18(2,3)4/h6-12,19H,5,13H2,1-4H3. The lowest BCUT2D eigenvalue weighted by molar-refractivity contribution is 0.461. The molecule has 21 heavy (non-hydrogen) atoms. The first kappa shape index (κ1) is 15.5. The van der Waals surface area contributed by atoms with Crippen LogP contribution in [0, 0.1) is 0 Å². The number of aromatic nitrogens is 1. The van der Waals surface area contributed by atoms with Crippen molar-refractivity contribution >= 4 is 0 Å². The van der Waals surface area contributed by atoms with E-state index in [1.165, 1.54) is 11.1 Å². The summed E-state index contributed by atoms with van der Waals surface area (Å²) in [6, 6.07) is 12.2. The Labute approximate surface area is 127 Å². The number of nitrogens with zero attached hydrogens (tertiary/aromatic N) is 1. The Kier molecular flexibility index (Phi) is 4.97. The van der Waals surface area contributed by atoms with Gasteiger partial charge < -0.3 is 10.1 Å². The fourth-order valence-electron chi connectivity index (χ4n) is 2.03. The molecule has 0 spiro atoms. The smallest absolute Gasteiger partial charge is 0.219 e. The average molecular weight is 284 g/mol. The molecule has 3 nitrogen and oxygen atoms in total. The molecule has 1 N–H and O–H groups in total. The summed E-state index contributed by atoms with van der Waals surface area (Å²) in [4.78, 5) is 4.26. The Morgan fingerprint density at radius 3 is 2.43 bits per heavy atom. The van der Waals surface area contributed by atoms with Gasteiger partial charge in [0, 0.05) is 18.8 Å². The fraction of sp³-hybridized carbons (Fsp3) is 0.389. The van der Waals surface area contributed by atoms with Crippen molar-refractivity contribution in [2.24, 2.45) is 0 Å². The van der Waals surface area contributed by atoms with Gasteiger partial charge in [-0.3, -0.25) is 0 Å². The summed E-state index contributed by atoms with van der Waals surface area (Å²) in [5.41, 5.74) is 2.62. The molecule has 0 saturated heterocycles. The van der Waals surface area contributed by atoms with Crippen LogP contribution in [-0.2, 0) is 12.0 Å². The van der Waals surface area contributed by atoms with Crippen LogP contribution in [0.2, 0.25) is 0 Å². The molecule has 1 aromatic heterocycles. The number of hydrogen-bond donors (Lipinski definition) is 1. The largest absolute Gasteiger partial charge is 0.439 e. The Bertz CT molecular complexity index is 571. The molecular weight excluding hydrogens is 260 g/mol. The van der Waals surface area contributed by atoms with Gasteiger partial charge in [0.15, 0.2) is 0 Å². The number of pyridine rings is 1. The minimum Gasteiger partial charge on any atom is -0.439 e. The third-order valence-corrected chi connectivity index (χ3v) is 3.32. The zero-order valence-electron chi connectivity index (χ0n) is 13.3. The maximum atomic E-state index is 5.83. The van der Waals surface area contributed by atoms with E-state index in [9.17, 15) is 0 Å². The van der Waals surface area contributed by atoms with Gasteiger partial charge in [0.05, 0.1) is 0 Å². The highest BCUT2D eigenvalue weighted by Crippen LogP contribution is 2.26. The molecule has 0 amide bonds. The second-order valence-electron chi connectivity index (χ2n) is 6.16. The summed E-state index contributed by atoms with van der Waals surface area (Å²) in [6.07, 6.45) is 1.78. The summed E-state index contributed by atoms with van der Waals surface area (Å²) < 4.78 is 5.83. The minimum atomic E-state index is 0.155. The summed E-state index contributed by atoms with van der Waals surface area (Å²) in [5.74, 6) is 1.45. The van der Waals surface area contributed by atoms with Crippen LogP contribution in [0.5, 0.6) is 11.6 Å². The van der Waals surface area contributed by atoms with Crippen LogP contribution in [0.1, 0.15) is 38.8 Å². The Morgan fingerprint density at radius 2 is 1.81 bits per heavy atom. The first-order chi connectivity index (χ1) is 9.99. The zero-order chi connectivity index (χ0) is 15.3. The van der Waals surface area contributed by atoms with E-state index in [-0.39, 0.29) is 5.41 Å². The van der Waals surface area contributed by atoms with Crippen LogP contribution in [0.4, 0.5) is 0 Å². The normalized spacial score (nSPS) is 11.4. The van der Waals surface area contributed by atoms with E-state index in [1.54, 1.807) is 6.20 Å². The third-order valence-electron chi connectivity index (χ3n) is 3.32. The lowest BCUT2D eigenvalue weighted by atomic mass is 9.87. The molecule has 0 bridgehead atoms. The SMILES string of the molecule is CCNCc1ccnc(Oc2ccc(C(C)(C)C)cc2)c1. The molecule has 2 rings (SSSR count). The minimum absolute atomic E-state index is 0.155. The lowest BCUT2D eigenvalue weighted by Gasteiger charge is -2.19. The first-order valence-corrected chi connectivity index (χ1v) is 7.43. The van der Waals surface area contributed by atoms with Gasteiger partial charge in [-0.1, -0.05) is 39.8 Å². The van der Waals surface area contributed by atoms with E-state index >= 15 is 0 Å². The fourth-order valence-corrected chi connectivity index (χ4v) is 2.03. The van der Waals surface area contributed by atoms with Crippen LogP contribution in [0.3, 0.4) is 0 Å². The molecule has 2 aromatic rings. The topological polar surface area (TPSA) is 34.2 Å². The second-order valence-corrected chi connectivity index (χ2v) is 6.16. The van der Waals surface area contributed by atoms with Crippen molar-refractivity contribution in [3.63, 3.8) is 0 Å². The van der Waals surface area contributed by atoms with Crippen molar-refractivity contribution in [2.75, 3.05) is 6.54 Å².